The first kappa shape index (κ1) is 18.2. The Bertz CT molecular complexity index is 597. The van der Waals surface area contributed by atoms with Crippen LogP contribution in [0.1, 0.15) is 18.1 Å². The first-order chi connectivity index (χ1) is 11.6. The van der Waals surface area contributed by atoms with E-state index in [-0.39, 0.29) is 12.6 Å². The van der Waals surface area contributed by atoms with Crippen LogP contribution in [-0.2, 0) is 11.3 Å². The van der Waals surface area contributed by atoms with Crippen molar-refractivity contribution in [2.24, 2.45) is 5.92 Å². The van der Waals surface area contributed by atoms with Crippen molar-refractivity contribution in [2.75, 3.05) is 39.4 Å². The molecule has 1 aliphatic rings. The van der Waals surface area contributed by atoms with Gasteiger partial charge in [-0.2, -0.15) is 5.26 Å². The van der Waals surface area contributed by atoms with Crippen molar-refractivity contribution in [1.29, 1.82) is 5.26 Å². The van der Waals surface area contributed by atoms with E-state index in [1.807, 2.05) is 6.07 Å². The lowest BCUT2D eigenvalue weighted by Gasteiger charge is -2.29. The number of hydrogen-bond acceptors (Lipinski definition) is 4. The Morgan fingerprint density at radius 2 is 2.17 bits per heavy atom. The lowest BCUT2D eigenvalue weighted by Crippen LogP contribution is -2.43. The molecule has 2 rings (SSSR count). The minimum atomic E-state index is -0.435. The molecule has 1 heterocycles. The first-order valence-electron chi connectivity index (χ1n) is 8.09. The Labute approximate surface area is 141 Å². The summed E-state index contributed by atoms with van der Waals surface area (Å²) in [5.41, 5.74) is 0.665. The summed E-state index contributed by atoms with van der Waals surface area (Å²) in [5, 5.41) is 14.2. The molecule has 0 spiro atoms. The highest BCUT2D eigenvalue weighted by Crippen LogP contribution is 2.09. The van der Waals surface area contributed by atoms with Crippen LogP contribution in [-0.4, -0.2) is 50.3 Å². The second kappa shape index (κ2) is 9.21. The molecule has 1 atom stereocenters. The zero-order chi connectivity index (χ0) is 17.4. The Morgan fingerprint density at radius 1 is 1.42 bits per heavy atom. The van der Waals surface area contributed by atoms with Crippen molar-refractivity contribution in [2.45, 2.75) is 13.5 Å². The van der Waals surface area contributed by atoms with Gasteiger partial charge in [-0.05, 0) is 24.1 Å². The molecule has 1 fully saturated rings. The van der Waals surface area contributed by atoms with Gasteiger partial charge in [-0.15, -0.1) is 0 Å². The molecule has 24 heavy (non-hydrogen) atoms. The number of morpholine rings is 1. The maximum absolute atomic E-state index is 13.6. The molecule has 2 amide bonds. The normalized spacial score (nSPS) is 16.2. The molecule has 0 bridgehead atoms. The second-order valence-corrected chi connectivity index (χ2v) is 6.00. The lowest BCUT2D eigenvalue weighted by molar-refractivity contribution is 0.0319. The first-order valence-corrected chi connectivity index (χ1v) is 8.09. The monoisotopic (exact) mass is 334 g/mol. The highest BCUT2D eigenvalue weighted by Gasteiger charge is 2.14. The molecule has 0 radical (unpaired) electrons. The van der Waals surface area contributed by atoms with Gasteiger partial charge in [0.05, 0.1) is 24.8 Å². The Hall–Kier alpha value is -2.17. The summed E-state index contributed by atoms with van der Waals surface area (Å²) in [6.07, 6.45) is 0. The number of amides is 2. The van der Waals surface area contributed by atoms with E-state index in [1.165, 1.54) is 18.2 Å². The quantitative estimate of drug-likeness (QED) is 0.826. The molecule has 1 aromatic carbocycles. The number of benzene rings is 1. The van der Waals surface area contributed by atoms with E-state index < -0.39 is 5.82 Å². The highest BCUT2D eigenvalue weighted by molar-refractivity contribution is 5.73. The van der Waals surface area contributed by atoms with Crippen molar-refractivity contribution >= 4 is 6.03 Å². The summed E-state index contributed by atoms with van der Waals surface area (Å²) < 4.78 is 18.9. The van der Waals surface area contributed by atoms with Crippen LogP contribution >= 0.6 is 0 Å². The third-order valence-corrected chi connectivity index (χ3v) is 3.90. The molecular weight excluding hydrogens is 311 g/mol. The highest BCUT2D eigenvalue weighted by atomic mass is 19.1. The summed E-state index contributed by atoms with van der Waals surface area (Å²) >= 11 is 0. The van der Waals surface area contributed by atoms with Crippen molar-refractivity contribution in [3.63, 3.8) is 0 Å². The molecule has 1 saturated heterocycles. The summed E-state index contributed by atoms with van der Waals surface area (Å²) in [5.74, 6) is -0.123. The molecule has 0 aromatic heterocycles. The van der Waals surface area contributed by atoms with Gasteiger partial charge in [0.2, 0.25) is 0 Å². The summed E-state index contributed by atoms with van der Waals surface area (Å²) in [7, 11) is 0. The Balaban J connectivity index is 1.70. The van der Waals surface area contributed by atoms with Gasteiger partial charge in [0, 0.05) is 38.3 Å². The molecule has 6 nitrogen and oxygen atoms in total. The standard InChI is InChI=1S/C17H23FN4O2/c1-13(12-22-4-6-24-7-5-22)10-20-17(23)21-11-15-8-14(9-19)2-3-16(15)18/h2-3,8,13H,4-7,10-12H2,1H3,(H2,20,21,23). The van der Waals surface area contributed by atoms with Crippen LogP contribution in [0.25, 0.3) is 0 Å². The number of nitriles is 1. The number of urea groups is 1. The average molecular weight is 334 g/mol. The van der Waals surface area contributed by atoms with Gasteiger partial charge in [-0.25, -0.2) is 9.18 Å². The van der Waals surface area contributed by atoms with Gasteiger partial charge in [-0.1, -0.05) is 6.92 Å². The molecule has 1 unspecified atom stereocenters. The zero-order valence-electron chi connectivity index (χ0n) is 13.8. The van der Waals surface area contributed by atoms with Gasteiger partial charge in [-0.3, -0.25) is 4.90 Å². The van der Waals surface area contributed by atoms with Crippen molar-refractivity contribution < 1.29 is 13.9 Å². The maximum Gasteiger partial charge on any atom is 0.315 e. The summed E-state index contributed by atoms with van der Waals surface area (Å²) in [6.45, 7) is 6.93. The van der Waals surface area contributed by atoms with Crippen LogP contribution in [0.3, 0.4) is 0 Å². The number of nitrogens with zero attached hydrogens (tertiary/aromatic N) is 2. The summed E-state index contributed by atoms with van der Waals surface area (Å²) in [4.78, 5) is 14.2. The van der Waals surface area contributed by atoms with E-state index in [0.29, 0.717) is 23.6 Å². The smallest absolute Gasteiger partial charge is 0.315 e. The van der Waals surface area contributed by atoms with Crippen LogP contribution in [0.5, 0.6) is 0 Å². The van der Waals surface area contributed by atoms with Gasteiger partial charge < -0.3 is 15.4 Å². The molecule has 0 aliphatic carbocycles. The van der Waals surface area contributed by atoms with Crippen LogP contribution in [0.2, 0.25) is 0 Å². The maximum atomic E-state index is 13.6. The Morgan fingerprint density at radius 3 is 2.88 bits per heavy atom. The van der Waals surface area contributed by atoms with Crippen molar-refractivity contribution in [3.8, 4) is 6.07 Å². The van der Waals surface area contributed by atoms with E-state index in [4.69, 9.17) is 10.00 Å². The zero-order valence-corrected chi connectivity index (χ0v) is 13.8. The predicted octanol–water partition coefficient (Wildman–Crippen LogP) is 1.46. The average Bonchev–Trinajstić information content (AvgIpc) is 2.60. The van der Waals surface area contributed by atoms with Crippen molar-refractivity contribution in [1.82, 2.24) is 15.5 Å². The SMILES string of the molecule is CC(CNC(=O)NCc1cc(C#N)ccc1F)CN1CCOCC1. The van der Waals surface area contributed by atoms with E-state index in [0.717, 1.165) is 32.8 Å². The minimum absolute atomic E-state index is 0.0467. The van der Waals surface area contributed by atoms with Crippen LogP contribution < -0.4 is 10.6 Å². The number of nitrogens with one attached hydrogen (secondary N) is 2. The second-order valence-electron chi connectivity index (χ2n) is 6.00. The lowest BCUT2D eigenvalue weighted by atomic mass is 10.1. The number of rotatable bonds is 6. The number of ether oxygens (including phenoxy) is 1. The van der Waals surface area contributed by atoms with Gasteiger partial charge in [0.25, 0.3) is 0 Å². The fourth-order valence-corrected chi connectivity index (χ4v) is 2.57. The fourth-order valence-electron chi connectivity index (χ4n) is 2.57. The van der Waals surface area contributed by atoms with Gasteiger partial charge in [0.15, 0.2) is 0 Å². The number of hydrogen-bond donors (Lipinski definition) is 2. The molecule has 0 saturated carbocycles. The fraction of sp³-hybridized carbons (Fsp3) is 0.529. The van der Waals surface area contributed by atoms with E-state index in [1.54, 1.807) is 0 Å². The van der Waals surface area contributed by atoms with E-state index in [2.05, 4.69) is 22.5 Å². The van der Waals surface area contributed by atoms with Crippen molar-refractivity contribution in [3.05, 3.63) is 35.1 Å². The van der Waals surface area contributed by atoms with E-state index >= 15 is 0 Å². The number of carbonyl (C=O) groups is 1. The van der Waals surface area contributed by atoms with Crippen LogP contribution in [0, 0.1) is 23.1 Å². The molecule has 1 aromatic rings. The van der Waals surface area contributed by atoms with Gasteiger partial charge in [0.1, 0.15) is 5.82 Å². The third kappa shape index (κ3) is 5.80. The van der Waals surface area contributed by atoms with E-state index in [9.17, 15) is 9.18 Å². The third-order valence-electron chi connectivity index (χ3n) is 3.90. The molecule has 1 aliphatic heterocycles. The predicted molar refractivity (Wildman–Crippen MR) is 87.8 cm³/mol. The molecular formula is C17H23FN4O2. The Kier molecular flexibility index (Phi) is 6.97. The molecule has 7 heteroatoms. The minimum Gasteiger partial charge on any atom is -0.379 e. The summed E-state index contributed by atoms with van der Waals surface area (Å²) in [6, 6.07) is 5.69. The molecule has 130 valence electrons. The number of halogens is 1. The molecule has 2 N–H and O–H groups in total. The topological polar surface area (TPSA) is 77.4 Å². The largest absolute Gasteiger partial charge is 0.379 e. The number of carbonyl (C=O) groups excluding carboxylic acids is 1. The van der Waals surface area contributed by atoms with Crippen LogP contribution in [0.15, 0.2) is 18.2 Å². The van der Waals surface area contributed by atoms with Crippen LogP contribution in [0.4, 0.5) is 9.18 Å². The van der Waals surface area contributed by atoms with Gasteiger partial charge >= 0.3 is 6.03 Å².